The van der Waals surface area contributed by atoms with Crippen molar-refractivity contribution in [2.24, 2.45) is 0 Å². The first-order valence-electron chi connectivity index (χ1n) is 4.68. The Hall–Kier alpha value is -1.41. The second kappa shape index (κ2) is 4.89. The van der Waals surface area contributed by atoms with E-state index in [-0.39, 0.29) is 0 Å². The van der Waals surface area contributed by atoms with E-state index in [4.69, 9.17) is 0 Å². The molecule has 0 aliphatic heterocycles. The SMILES string of the molecule is Brc1ccc(C=Cc2ccncc2)cc1. The number of benzene rings is 1. The minimum atomic E-state index is 1.10. The molecule has 2 aromatic rings. The van der Waals surface area contributed by atoms with Gasteiger partial charge in [0.2, 0.25) is 0 Å². The topological polar surface area (TPSA) is 12.9 Å². The summed E-state index contributed by atoms with van der Waals surface area (Å²) in [5, 5.41) is 0. The summed E-state index contributed by atoms with van der Waals surface area (Å²) in [6.07, 6.45) is 7.75. The lowest BCUT2D eigenvalue weighted by molar-refractivity contribution is 1.32. The van der Waals surface area contributed by atoms with Gasteiger partial charge in [-0.05, 0) is 35.4 Å². The molecule has 1 aromatic heterocycles. The van der Waals surface area contributed by atoms with Crippen LogP contribution in [0, 0.1) is 0 Å². The predicted molar refractivity (Wildman–Crippen MR) is 67.3 cm³/mol. The van der Waals surface area contributed by atoms with E-state index in [1.54, 1.807) is 12.4 Å². The highest BCUT2D eigenvalue weighted by molar-refractivity contribution is 9.10. The second-order valence-electron chi connectivity index (χ2n) is 3.17. The Morgan fingerprint density at radius 3 is 1.93 bits per heavy atom. The van der Waals surface area contributed by atoms with Crippen molar-refractivity contribution in [1.82, 2.24) is 4.98 Å². The van der Waals surface area contributed by atoms with E-state index in [9.17, 15) is 0 Å². The van der Waals surface area contributed by atoms with Crippen molar-refractivity contribution < 1.29 is 0 Å². The van der Waals surface area contributed by atoms with Crippen molar-refractivity contribution in [3.05, 3.63) is 64.4 Å². The quantitative estimate of drug-likeness (QED) is 0.794. The van der Waals surface area contributed by atoms with Gasteiger partial charge in [-0.3, -0.25) is 4.98 Å². The van der Waals surface area contributed by atoms with Crippen molar-refractivity contribution in [2.45, 2.75) is 0 Å². The average molecular weight is 260 g/mol. The van der Waals surface area contributed by atoms with Crippen LogP contribution in [0.5, 0.6) is 0 Å². The molecule has 0 aliphatic rings. The number of hydrogen-bond acceptors (Lipinski definition) is 1. The summed E-state index contributed by atoms with van der Waals surface area (Å²) in [6.45, 7) is 0. The number of rotatable bonds is 2. The summed E-state index contributed by atoms with van der Waals surface area (Å²) >= 11 is 3.41. The predicted octanol–water partition coefficient (Wildman–Crippen LogP) is 4.01. The largest absolute Gasteiger partial charge is 0.265 e. The van der Waals surface area contributed by atoms with E-state index >= 15 is 0 Å². The fourth-order valence-corrected chi connectivity index (χ4v) is 1.51. The molecule has 0 radical (unpaired) electrons. The zero-order valence-electron chi connectivity index (χ0n) is 8.10. The van der Waals surface area contributed by atoms with Crippen LogP contribution in [-0.4, -0.2) is 4.98 Å². The standard InChI is InChI=1S/C13H10BrN/c14-13-5-3-11(4-6-13)1-2-12-7-9-15-10-8-12/h1-10H. The Kier molecular flexibility index (Phi) is 3.30. The lowest BCUT2D eigenvalue weighted by Gasteiger charge is -1.94. The first-order chi connectivity index (χ1) is 7.34. The summed E-state index contributed by atoms with van der Waals surface area (Å²) in [4.78, 5) is 3.97. The molecule has 0 atom stereocenters. The van der Waals surface area contributed by atoms with Gasteiger partial charge in [-0.1, -0.05) is 40.2 Å². The van der Waals surface area contributed by atoms with Crippen molar-refractivity contribution in [1.29, 1.82) is 0 Å². The van der Waals surface area contributed by atoms with Crippen LogP contribution in [-0.2, 0) is 0 Å². The van der Waals surface area contributed by atoms with Crippen LogP contribution < -0.4 is 0 Å². The van der Waals surface area contributed by atoms with Gasteiger partial charge in [-0.15, -0.1) is 0 Å². The van der Waals surface area contributed by atoms with Crippen LogP contribution in [0.4, 0.5) is 0 Å². The van der Waals surface area contributed by atoms with Gasteiger partial charge >= 0.3 is 0 Å². The summed E-state index contributed by atoms with van der Waals surface area (Å²) in [7, 11) is 0. The van der Waals surface area contributed by atoms with Gasteiger partial charge in [0.1, 0.15) is 0 Å². The van der Waals surface area contributed by atoms with Crippen LogP contribution >= 0.6 is 15.9 Å². The molecule has 0 fully saturated rings. The van der Waals surface area contributed by atoms with Gasteiger partial charge in [-0.25, -0.2) is 0 Å². The molecule has 15 heavy (non-hydrogen) atoms. The minimum absolute atomic E-state index is 1.10. The van der Waals surface area contributed by atoms with Crippen LogP contribution in [0.3, 0.4) is 0 Å². The van der Waals surface area contributed by atoms with E-state index < -0.39 is 0 Å². The van der Waals surface area contributed by atoms with Crippen LogP contribution in [0.25, 0.3) is 12.2 Å². The van der Waals surface area contributed by atoms with Crippen molar-refractivity contribution in [3.8, 4) is 0 Å². The first-order valence-corrected chi connectivity index (χ1v) is 5.47. The molecular formula is C13H10BrN. The maximum Gasteiger partial charge on any atom is 0.0273 e. The van der Waals surface area contributed by atoms with Crippen molar-refractivity contribution in [2.75, 3.05) is 0 Å². The molecule has 0 saturated heterocycles. The van der Waals surface area contributed by atoms with Crippen LogP contribution in [0.15, 0.2) is 53.3 Å². The monoisotopic (exact) mass is 259 g/mol. The van der Waals surface area contributed by atoms with Gasteiger partial charge in [0.05, 0.1) is 0 Å². The zero-order chi connectivity index (χ0) is 10.5. The summed E-state index contributed by atoms with van der Waals surface area (Å²) in [5.74, 6) is 0. The molecule has 0 bridgehead atoms. The first kappa shape index (κ1) is 10.1. The number of halogens is 1. The molecule has 2 rings (SSSR count). The Morgan fingerprint density at radius 2 is 1.33 bits per heavy atom. The molecule has 1 nitrogen and oxygen atoms in total. The Labute approximate surface area is 97.6 Å². The maximum absolute atomic E-state index is 3.97. The van der Waals surface area contributed by atoms with E-state index in [0.29, 0.717) is 0 Å². The molecule has 1 aromatic carbocycles. The fraction of sp³-hybridized carbons (Fsp3) is 0. The molecule has 2 heteroatoms. The third kappa shape index (κ3) is 3.03. The maximum atomic E-state index is 3.97. The second-order valence-corrected chi connectivity index (χ2v) is 4.08. The normalized spacial score (nSPS) is 10.7. The van der Waals surface area contributed by atoms with Crippen LogP contribution in [0.1, 0.15) is 11.1 Å². The van der Waals surface area contributed by atoms with Crippen molar-refractivity contribution in [3.63, 3.8) is 0 Å². The lowest BCUT2D eigenvalue weighted by Crippen LogP contribution is -1.73. The smallest absolute Gasteiger partial charge is 0.0273 e. The lowest BCUT2D eigenvalue weighted by atomic mass is 10.2. The molecule has 0 spiro atoms. The minimum Gasteiger partial charge on any atom is -0.265 e. The van der Waals surface area contributed by atoms with E-state index in [2.05, 4.69) is 45.2 Å². The van der Waals surface area contributed by atoms with Gasteiger partial charge < -0.3 is 0 Å². The van der Waals surface area contributed by atoms with Crippen LogP contribution in [0.2, 0.25) is 0 Å². The molecule has 0 aliphatic carbocycles. The molecule has 0 amide bonds. The molecular weight excluding hydrogens is 250 g/mol. The molecule has 0 saturated carbocycles. The Morgan fingerprint density at radius 1 is 0.800 bits per heavy atom. The Balaban J connectivity index is 2.15. The number of aromatic nitrogens is 1. The van der Waals surface area contributed by atoms with Gasteiger partial charge in [0.25, 0.3) is 0 Å². The third-order valence-corrected chi connectivity index (χ3v) is 2.57. The van der Waals surface area contributed by atoms with Gasteiger partial charge in [0, 0.05) is 16.9 Å². The number of pyridine rings is 1. The van der Waals surface area contributed by atoms with Gasteiger partial charge in [-0.2, -0.15) is 0 Å². The number of nitrogens with zero attached hydrogens (tertiary/aromatic N) is 1. The average Bonchev–Trinajstić information content (AvgIpc) is 2.30. The molecule has 0 unspecified atom stereocenters. The summed E-state index contributed by atoms with van der Waals surface area (Å²) < 4.78 is 1.10. The number of hydrogen-bond donors (Lipinski definition) is 0. The van der Waals surface area contributed by atoms with E-state index in [0.717, 1.165) is 10.0 Å². The zero-order valence-corrected chi connectivity index (χ0v) is 9.68. The van der Waals surface area contributed by atoms with E-state index in [1.807, 2.05) is 24.3 Å². The third-order valence-electron chi connectivity index (χ3n) is 2.04. The van der Waals surface area contributed by atoms with Gasteiger partial charge in [0.15, 0.2) is 0 Å². The molecule has 74 valence electrons. The van der Waals surface area contributed by atoms with E-state index in [1.165, 1.54) is 5.56 Å². The highest BCUT2D eigenvalue weighted by Crippen LogP contribution is 2.12. The molecule has 0 N–H and O–H groups in total. The fourth-order valence-electron chi connectivity index (χ4n) is 1.24. The molecule has 1 heterocycles. The summed E-state index contributed by atoms with van der Waals surface area (Å²) in [6, 6.07) is 12.2. The van der Waals surface area contributed by atoms with Crippen molar-refractivity contribution >= 4 is 28.1 Å². The highest BCUT2D eigenvalue weighted by atomic mass is 79.9. The summed E-state index contributed by atoms with van der Waals surface area (Å²) in [5.41, 5.74) is 2.35. The highest BCUT2D eigenvalue weighted by Gasteiger charge is 1.88. The Bertz CT molecular complexity index is 446.